The van der Waals surface area contributed by atoms with Gasteiger partial charge in [0, 0.05) is 17.5 Å². The fraction of sp³-hybridized carbons (Fsp3) is 0.533. The molecule has 0 bridgehead atoms. The van der Waals surface area contributed by atoms with E-state index in [0.29, 0.717) is 13.0 Å². The summed E-state index contributed by atoms with van der Waals surface area (Å²) in [6.45, 7) is 6.49. The van der Waals surface area contributed by atoms with E-state index in [1.165, 1.54) is 0 Å². The molecule has 0 heterocycles. The Kier molecular flexibility index (Phi) is 5.35. The van der Waals surface area contributed by atoms with Crippen LogP contribution in [0, 0.1) is 0 Å². The molecule has 0 atom stereocenters. The molecule has 1 aromatic carbocycles. The molecule has 0 aromatic heterocycles. The molecule has 1 aromatic rings. The Bertz CT molecular complexity index is 380. The summed E-state index contributed by atoms with van der Waals surface area (Å²) in [5, 5.41) is 0. The van der Waals surface area contributed by atoms with Gasteiger partial charge in [-0.25, -0.2) is 0 Å². The number of nitrogens with two attached hydrogens (primary N) is 1. The molecule has 18 heavy (non-hydrogen) atoms. The molecule has 0 aliphatic heterocycles. The van der Waals surface area contributed by atoms with Crippen LogP contribution < -0.4 is 10.5 Å². The van der Waals surface area contributed by atoms with E-state index in [4.69, 9.17) is 10.5 Å². The van der Waals surface area contributed by atoms with Crippen LogP contribution in [0.25, 0.3) is 0 Å². The first-order chi connectivity index (χ1) is 8.54. The third-order valence-corrected chi connectivity index (χ3v) is 3.43. The van der Waals surface area contributed by atoms with Crippen LogP contribution in [0.2, 0.25) is 0 Å². The normalized spacial score (nSPS) is 11.3. The van der Waals surface area contributed by atoms with Gasteiger partial charge in [0.05, 0.1) is 0 Å². The molecule has 0 spiro atoms. The molecule has 3 heteroatoms. The summed E-state index contributed by atoms with van der Waals surface area (Å²) in [6, 6.07) is 7.26. The zero-order chi connectivity index (χ0) is 13.6. The second kappa shape index (κ2) is 6.55. The molecule has 3 nitrogen and oxygen atoms in total. The minimum Gasteiger partial charge on any atom is -0.492 e. The highest BCUT2D eigenvalue weighted by atomic mass is 16.5. The highest BCUT2D eigenvalue weighted by Gasteiger charge is 2.21. The van der Waals surface area contributed by atoms with Crippen LogP contribution in [0.1, 0.15) is 50.4 Å². The van der Waals surface area contributed by atoms with E-state index >= 15 is 0 Å². The van der Waals surface area contributed by atoms with Gasteiger partial charge in [-0.3, -0.25) is 4.79 Å². The van der Waals surface area contributed by atoms with E-state index in [-0.39, 0.29) is 11.3 Å². The standard InChI is InChI=1S/C15H23NO2/c1-4-14(17)12-7-9-13(10-8-12)18-11-15(16,5-2)6-3/h7-10H,4-6,11,16H2,1-3H3. The van der Waals surface area contributed by atoms with Crippen molar-refractivity contribution in [2.24, 2.45) is 5.73 Å². The number of hydrogen-bond acceptors (Lipinski definition) is 3. The molecule has 0 aliphatic rings. The van der Waals surface area contributed by atoms with Crippen molar-refractivity contribution >= 4 is 5.78 Å². The summed E-state index contributed by atoms with van der Waals surface area (Å²) in [5.74, 6) is 0.913. The SMILES string of the molecule is CCC(=O)c1ccc(OCC(N)(CC)CC)cc1. The Labute approximate surface area is 109 Å². The molecule has 0 fully saturated rings. The highest BCUT2D eigenvalue weighted by molar-refractivity contribution is 5.95. The van der Waals surface area contributed by atoms with Gasteiger partial charge in [0.1, 0.15) is 12.4 Å². The number of ketones is 1. The predicted octanol–water partition coefficient (Wildman–Crippen LogP) is 3.18. The molecule has 0 aliphatic carbocycles. The molecule has 0 saturated carbocycles. The summed E-state index contributed by atoms with van der Waals surface area (Å²) >= 11 is 0. The molecule has 1 rings (SSSR count). The van der Waals surface area contributed by atoms with Crippen molar-refractivity contribution in [3.8, 4) is 5.75 Å². The van der Waals surface area contributed by atoms with Crippen molar-refractivity contribution in [3.63, 3.8) is 0 Å². The fourth-order valence-electron chi connectivity index (χ4n) is 1.62. The van der Waals surface area contributed by atoms with Crippen LogP contribution in [-0.4, -0.2) is 17.9 Å². The van der Waals surface area contributed by atoms with E-state index < -0.39 is 0 Å². The number of hydrogen-bond donors (Lipinski definition) is 1. The number of Topliss-reactive ketones (excluding diaryl/α,β-unsaturated/α-hetero) is 1. The quantitative estimate of drug-likeness (QED) is 0.755. The van der Waals surface area contributed by atoms with Crippen LogP contribution in [0.15, 0.2) is 24.3 Å². The Morgan fingerprint density at radius 3 is 2.17 bits per heavy atom. The van der Waals surface area contributed by atoms with Gasteiger partial charge in [0.2, 0.25) is 0 Å². The summed E-state index contributed by atoms with van der Waals surface area (Å²) in [7, 11) is 0. The Hall–Kier alpha value is -1.35. The monoisotopic (exact) mass is 249 g/mol. The second-order valence-corrected chi connectivity index (χ2v) is 4.66. The van der Waals surface area contributed by atoms with E-state index in [9.17, 15) is 4.79 Å². The van der Waals surface area contributed by atoms with E-state index in [1.54, 1.807) is 12.1 Å². The van der Waals surface area contributed by atoms with E-state index in [1.807, 2.05) is 19.1 Å². The maximum absolute atomic E-state index is 11.5. The number of benzene rings is 1. The summed E-state index contributed by atoms with van der Waals surface area (Å²) in [6.07, 6.45) is 2.30. The molecule has 0 saturated heterocycles. The lowest BCUT2D eigenvalue weighted by molar-refractivity contribution is 0.0988. The summed E-state index contributed by atoms with van der Waals surface area (Å²) in [5.41, 5.74) is 6.63. The second-order valence-electron chi connectivity index (χ2n) is 4.66. The third kappa shape index (κ3) is 3.84. The average molecular weight is 249 g/mol. The van der Waals surface area contributed by atoms with Crippen LogP contribution in [0.3, 0.4) is 0 Å². The highest BCUT2D eigenvalue weighted by Crippen LogP contribution is 2.17. The number of ether oxygens (including phenoxy) is 1. The minimum absolute atomic E-state index is 0.150. The first kappa shape index (κ1) is 14.7. The van der Waals surface area contributed by atoms with Gasteiger partial charge < -0.3 is 10.5 Å². The minimum atomic E-state index is -0.266. The first-order valence-corrected chi connectivity index (χ1v) is 6.59. The van der Waals surface area contributed by atoms with Crippen molar-refractivity contribution in [2.75, 3.05) is 6.61 Å². The van der Waals surface area contributed by atoms with Crippen molar-refractivity contribution in [3.05, 3.63) is 29.8 Å². The van der Waals surface area contributed by atoms with Crippen LogP contribution in [-0.2, 0) is 0 Å². The van der Waals surface area contributed by atoms with Gasteiger partial charge >= 0.3 is 0 Å². The van der Waals surface area contributed by atoms with Crippen molar-refractivity contribution < 1.29 is 9.53 Å². The largest absolute Gasteiger partial charge is 0.492 e. The van der Waals surface area contributed by atoms with Crippen molar-refractivity contribution in [1.82, 2.24) is 0 Å². The maximum atomic E-state index is 11.5. The Morgan fingerprint density at radius 1 is 1.17 bits per heavy atom. The van der Waals surface area contributed by atoms with E-state index in [2.05, 4.69) is 13.8 Å². The summed E-state index contributed by atoms with van der Waals surface area (Å²) in [4.78, 5) is 11.5. The molecule has 0 amide bonds. The van der Waals surface area contributed by atoms with E-state index in [0.717, 1.165) is 24.2 Å². The summed E-state index contributed by atoms with van der Waals surface area (Å²) < 4.78 is 5.69. The van der Waals surface area contributed by atoms with Crippen molar-refractivity contribution in [2.45, 2.75) is 45.6 Å². The number of carbonyl (C=O) groups is 1. The predicted molar refractivity (Wildman–Crippen MR) is 74.1 cm³/mol. The lowest BCUT2D eigenvalue weighted by atomic mass is 9.96. The Balaban J connectivity index is 2.62. The molecular formula is C15H23NO2. The molecule has 2 N–H and O–H groups in total. The third-order valence-electron chi connectivity index (χ3n) is 3.43. The molecule has 0 unspecified atom stereocenters. The fourth-order valence-corrected chi connectivity index (χ4v) is 1.62. The lowest BCUT2D eigenvalue weighted by Crippen LogP contribution is -2.44. The topological polar surface area (TPSA) is 52.3 Å². The van der Waals surface area contributed by atoms with Gasteiger partial charge in [-0.05, 0) is 37.1 Å². The lowest BCUT2D eigenvalue weighted by Gasteiger charge is -2.26. The van der Waals surface area contributed by atoms with Crippen LogP contribution in [0.4, 0.5) is 0 Å². The Morgan fingerprint density at radius 2 is 1.72 bits per heavy atom. The zero-order valence-electron chi connectivity index (χ0n) is 11.5. The number of rotatable bonds is 7. The van der Waals surface area contributed by atoms with Gasteiger partial charge in [-0.2, -0.15) is 0 Å². The first-order valence-electron chi connectivity index (χ1n) is 6.59. The van der Waals surface area contributed by atoms with Gasteiger partial charge in [0.25, 0.3) is 0 Å². The van der Waals surface area contributed by atoms with Crippen LogP contribution in [0.5, 0.6) is 5.75 Å². The molecule has 100 valence electrons. The number of carbonyl (C=O) groups excluding carboxylic acids is 1. The van der Waals surface area contributed by atoms with Crippen molar-refractivity contribution in [1.29, 1.82) is 0 Å². The van der Waals surface area contributed by atoms with Crippen LogP contribution >= 0.6 is 0 Å². The smallest absolute Gasteiger partial charge is 0.162 e. The average Bonchev–Trinajstić information content (AvgIpc) is 2.44. The van der Waals surface area contributed by atoms with Gasteiger partial charge in [0.15, 0.2) is 5.78 Å². The zero-order valence-corrected chi connectivity index (χ0v) is 11.5. The molecule has 0 radical (unpaired) electrons. The molecular weight excluding hydrogens is 226 g/mol. The van der Waals surface area contributed by atoms with Gasteiger partial charge in [-0.1, -0.05) is 20.8 Å². The van der Waals surface area contributed by atoms with Gasteiger partial charge in [-0.15, -0.1) is 0 Å². The maximum Gasteiger partial charge on any atom is 0.162 e.